The van der Waals surface area contributed by atoms with Crippen molar-refractivity contribution < 1.29 is 9.32 Å². The van der Waals surface area contributed by atoms with Gasteiger partial charge < -0.3 is 9.42 Å². The maximum absolute atomic E-state index is 13.7. The van der Waals surface area contributed by atoms with E-state index in [0.717, 1.165) is 31.2 Å². The zero-order chi connectivity index (χ0) is 19.7. The van der Waals surface area contributed by atoms with Crippen molar-refractivity contribution in [1.82, 2.24) is 19.8 Å². The third-order valence-corrected chi connectivity index (χ3v) is 5.66. The Morgan fingerprint density at radius 1 is 1.25 bits per heavy atom. The summed E-state index contributed by atoms with van der Waals surface area (Å²) in [6.45, 7) is 2.47. The van der Waals surface area contributed by atoms with Gasteiger partial charge in [-0.25, -0.2) is 0 Å². The van der Waals surface area contributed by atoms with Crippen LogP contribution in [0.2, 0.25) is 5.02 Å². The van der Waals surface area contributed by atoms with Crippen molar-refractivity contribution in [2.75, 3.05) is 6.54 Å². The Bertz CT molecular complexity index is 994. The highest BCUT2D eigenvalue weighted by Gasteiger charge is 2.33. The van der Waals surface area contributed by atoms with Gasteiger partial charge in [0, 0.05) is 30.9 Å². The molecule has 1 unspecified atom stereocenters. The van der Waals surface area contributed by atoms with Gasteiger partial charge in [0.2, 0.25) is 0 Å². The normalized spacial score (nSPS) is 17.5. The molecule has 0 radical (unpaired) electrons. The number of benzene rings is 1. The molecule has 1 aromatic carbocycles. The van der Waals surface area contributed by atoms with Crippen molar-refractivity contribution >= 4 is 17.5 Å². The lowest BCUT2D eigenvalue weighted by molar-refractivity contribution is 0.0679. The van der Waals surface area contributed by atoms with Gasteiger partial charge in [0.15, 0.2) is 0 Å². The maximum Gasteiger partial charge on any atom is 0.260 e. The lowest BCUT2D eigenvalue weighted by Crippen LogP contribution is -2.35. The van der Waals surface area contributed by atoms with Gasteiger partial charge in [0.25, 0.3) is 5.91 Å². The number of nitrogens with zero attached hydrogens (tertiary/aromatic N) is 4. The second-order valence-electron chi connectivity index (χ2n) is 7.25. The first-order chi connectivity index (χ1) is 13.6. The van der Waals surface area contributed by atoms with Crippen molar-refractivity contribution in [1.29, 1.82) is 0 Å². The fraction of sp³-hybridized carbons (Fsp3) is 0.381. The summed E-state index contributed by atoms with van der Waals surface area (Å²) in [6.07, 6.45) is 7.94. The molecule has 1 aliphatic rings. The van der Waals surface area contributed by atoms with Gasteiger partial charge >= 0.3 is 0 Å². The molecule has 3 aromatic rings. The minimum atomic E-state index is -0.0653. The van der Waals surface area contributed by atoms with E-state index in [1.165, 1.54) is 0 Å². The van der Waals surface area contributed by atoms with E-state index in [9.17, 15) is 4.79 Å². The molecular formula is C21H23ClN4O2. The van der Waals surface area contributed by atoms with Crippen LogP contribution in [0.15, 0.2) is 41.2 Å². The molecule has 2 aromatic heterocycles. The van der Waals surface area contributed by atoms with Crippen LogP contribution in [0.3, 0.4) is 0 Å². The van der Waals surface area contributed by atoms with Crippen LogP contribution in [0, 0.1) is 6.92 Å². The Kier molecular flexibility index (Phi) is 5.22. The molecule has 1 aliphatic heterocycles. The molecule has 0 N–H and O–H groups in total. The van der Waals surface area contributed by atoms with Crippen molar-refractivity contribution in [3.05, 3.63) is 58.6 Å². The topological polar surface area (TPSA) is 64.2 Å². The highest BCUT2D eigenvalue weighted by Crippen LogP contribution is 2.36. The first-order valence-electron chi connectivity index (χ1n) is 9.57. The molecule has 0 aliphatic carbocycles. The van der Waals surface area contributed by atoms with Gasteiger partial charge in [-0.2, -0.15) is 5.10 Å². The summed E-state index contributed by atoms with van der Waals surface area (Å²) in [4.78, 5) is 15.6. The summed E-state index contributed by atoms with van der Waals surface area (Å²) < 4.78 is 7.20. The molecule has 28 heavy (non-hydrogen) atoms. The van der Waals surface area contributed by atoms with Gasteiger partial charge in [-0.3, -0.25) is 9.48 Å². The predicted octanol–water partition coefficient (Wildman–Crippen LogP) is 4.79. The molecule has 0 saturated carbocycles. The Hall–Kier alpha value is -2.60. The summed E-state index contributed by atoms with van der Waals surface area (Å²) in [5, 5.41) is 9.01. The molecule has 3 heterocycles. The molecule has 0 bridgehead atoms. The first-order valence-corrected chi connectivity index (χ1v) is 9.94. The number of hydrogen-bond donors (Lipinski definition) is 0. The number of rotatable bonds is 3. The highest BCUT2D eigenvalue weighted by atomic mass is 35.5. The predicted molar refractivity (Wildman–Crippen MR) is 107 cm³/mol. The Morgan fingerprint density at radius 2 is 2.07 bits per heavy atom. The molecule has 1 amide bonds. The Morgan fingerprint density at radius 3 is 2.82 bits per heavy atom. The molecule has 4 rings (SSSR count). The Labute approximate surface area is 169 Å². The average Bonchev–Trinajstić information content (AvgIpc) is 3.19. The van der Waals surface area contributed by atoms with Crippen LogP contribution in [0.4, 0.5) is 0 Å². The minimum absolute atomic E-state index is 0.00269. The molecular weight excluding hydrogens is 376 g/mol. The first kappa shape index (κ1) is 18.7. The monoisotopic (exact) mass is 398 g/mol. The largest absolute Gasteiger partial charge is 0.360 e. The number of aromatic nitrogens is 3. The van der Waals surface area contributed by atoms with E-state index < -0.39 is 0 Å². The number of amides is 1. The fourth-order valence-electron chi connectivity index (χ4n) is 3.91. The van der Waals surface area contributed by atoms with Crippen molar-refractivity contribution in [3.63, 3.8) is 0 Å². The summed E-state index contributed by atoms with van der Waals surface area (Å²) in [7, 11) is 1.89. The molecule has 1 saturated heterocycles. The Balaban J connectivity index is 1.75. The zero-order valence-corrected chi connectivity index (χ0v) is 16.8. The highest BCUT2D eigenvalue weighted by molar-refractivity contribution is 6.33. The van der Waals surface area contributed by atoms with Gasteiger partial charge in [0.1, 0.15) is 17.0 Å². The van der Waals surface area contributed by atoms with Crippen molar-refractivity contribution in [3.8, 4) is 11.3 Å². The SMILES string of the molecule is Cc1onc(-c2ccccc2Cl)c1C(=O)N1CCCCCC1c1cnn(C)c1. The van der Waals surface area contributed by atoms with E-state index in [1.807, 2.05) is 42.5 Å². The molecule has 7 heteroatoms. The van der Waals surface area contributed by atoms with Gasteiger partial charge in [0.05, 0.1) is 17.3 Å². The smallest absolute Gasteiger partial charge is 0.260 e. The molecule has 6 nitrogen and oxygen atoms in total. The summed E-state index contributed by atoms with van der Waals surface area (Å²) in [6, 6.07) is 7.38. The van der Waals surface area contributed by atoms with E-state index in [2.05, 4.69) is 10.3 Å². The standard InChI is InChI=1S/C21H23ClN4O2/c1-14-19(20(24-28-14)16-8-5-6-9-17(16)22)21(27)26-11-7-3-4-10-18(26)15-12-23-25(2)13-15/h5-6,8-9,12-13,18H,3-4,7,10-11H2,1-2H3. The van der Waals surface area contributed by atoms with Crippen LogP contribution < -0.4 is 0 Å². The van der Waals surface area contributed by atoms with Crippen LogP contribution >= 0.6 is 11.6 Å². The number of carbonyl (C=O) groups is 1. The van der Waals surface area contributed by atoms with Crippen LogP contribution in [0.1, 0.15) is 53.4 Å². The average molecular weight is 399 g/mol. The van der Waals surface area contributed by atoms with Gasteiger partial charge in [-0.05, 0) is 25.8 Å². The quantitative estimate of drug-likeness (QED) is 0.636. The molecule has 0 spiro atoms. The van der Waals surface area contributed by atoms with Crippen molar-refractivity contribution in [2.45, 2.75) is 38.6 Å². The third-order valence-electron chi connectivity index (χ3n) is 5.33. The summed E-state index contributed by atoms with van der Waals surface area (Å²) in [5.41, 5.74) is 2.76. The molecule has 1 fully saturated rings. The molecule has 1 atom stereocenters. The number of likely N-dealkylation sites (tertiary alicyclic amines) is 1. The number of halogens is 1. The van der Waals surface area contributed by atoms with E-state index >= 15 is 0 Å². The van der Waals surface area contributed by atoms with Crippen LogP contribution in [-0.4, -0.2) is 32.3 Å². The maximum atomic E-state index is 13.7. The number of carbonyl (C=O) groups excluding carboxylic acids is 1. The summed E-state index contributed by atoms with van der Waals surface area (Å²) >= 11 is 6.37. The number of aryl methyl sites for hydroxylation is 2. The minimum Gasteiger partial charge on any atom is -0.360 e. The third kappa shape index (κ3) is 3.44. The van der Waals surface area contributed by atoms with Gasteiger partial charge in [-0.1, -0.05) is 47.8 Å². The fourth-order valence-corrected chi connectivity index (χ4v) is 4.14. The van der Waals surface area contributed by atoms with Crippen LogP contribution in [0.5, 0.6) is 0 Å². The van der Waals surface area contributed by atoms with E-state index in [4.69, 9.17) is 16.1 Å². The summed E-state index contributed by atoms with van der Waals surface area (Å²) in [5.74, 6) is 0.443. The van der Waals surface area contributed by atoms with Crippen LogP contribution in [-0.2, 0) is 7.05 Å². The lowest BCUT2D eigenvalue weighted by atomic mass is 10.0. The van der Waals surface area contributed by atoms with E-state index in [0.29, 0.717) is 34.1 Å². The lowest BCUT2D eigenvalue weighted by Gasteiger charge is -2.29. The van der Waals surface area contributed by atoms with E-state index in [1.54, 1.807) is 17.7 Å². The second kappa shape index (κ2) is 7.80. The number of hydrogen-bond acceptors (Lipinski definition) is 4. The van der Waals surface area contributed by atoms with E-state index in [-0.39, 0.29) is 11.9 Å². The van der Waals surface area contributed by atoms with Crippen LogP contribution in [0.25, 0.3) is 11.3 Å². The van der Waals surface area contributed by atoms with Crippen molar-refractivity contribution in [2.24, 2.45) is 7.05 Å². The van der Waals surface area contributed by atoms with Gasteiger partial charge in [-0.15, -0.1) is 0 Å². The molecule has 146 valence electrons. The second-order valence-corrected chi connectivity index (χ2v) is 7.66. The zero-order valence-electron chi connectivity index (χ0n) is 16.1.